The molecule has 0 heterocycles. The molecule has 0 N–H and O–H groups in total. The molecule has 1 fully saturated rings. The molecule has 0 unspecified atom stereocenters. The Labute approximate surface area is 106 Å². The molecule has 1 rings (SSSR count). The zero-order valence-corrected chi connectivity index (χ0v) is 13.1. The van der Waals surface area contributed by atoms with E-state index in [1.54, 1.807) is 0 Å². The largest absolute Gasteiger partial charge is 0.391 e. The molecule has 0 nitrogen and oxygen atoms in total. The highest BCUT2D eigenvalue weighted by atomic mass is 27.0. The average molecular weight is 234 g/mol. The van der Waals surface area contributed by atoms with Gasteiger partial charge >= 0.3 is 6.18 Å². The van der Waals surface area contributed by atoms with Crippen LogP contribution in [0, 0.1) is 5.92 Å². The summed E-state index contributed by atoms with van der Waals surface area (Å²) >= 11 is 0. The first kappa shape index (κ1) is 17.3. The van der Waals surface area contributed by atoms with Gasteiger partial charge in [0.1, 0.15) is 34.7 Å². The lowest BCUT2D eigenvalue weighted by Crippen LogP contribution is -2.29. The third kappa shape index (κ3) is 5.13. The Morgan fingerprint density at radius 2 is 1.50 bits per heavy atom. The normalized spacial score (nSPS) is 32.7. The van der Waals surface area contributed by atoms with Crippen LogP contribution in [0.3, 0.4) is 0 Å². The van der Waals surface area contributed by atoms with Gasteiger partial charge in [0.25, 0.3) is 0 Å². The third-order valence-electron chi connectivity index (χ3n) is 2.59. The second kappa shape index (κ2) is 5.86. The van der Waals surface area contributed by atoms with Crippen molar-refractivity contribution in [2.24, 2.45) is 5.92 Å². The van der Waals surface area contributed by atoms with Crippen molar-refractivity contribution in [2.75, 3.05) is 0 Å². The molecule has 1 saturated carbocycles. The first-order chi connectivity index (χ1) is 5.31. The van der Waals surface area contributed by atoms with Crippen LogP contribution < -0.4 is 0 Å². The van der Waals surface area contributed by atoms with Crippen LogP contribution in [-0.4, -0.2) is 48.7 Å². The van der Waals surface area contributed by atoms with Crippen LogP contribution in [0.5, 0.6) is 0 Å². The highest BCUT2D eigenvalue weighted by molar-refractivity contribution is 6.14. The number of hydrogen-bond donors (Lipinski definition) is 0. The second-order valence-corrected chi connectivity index (χ2v) is 3.97. The SMILES string of the molecule is [AlH2].[AlH2].[B]C1(C)CCC(C(F)(F)F)CC1. The van der Waals surface area contributed by atoms with Crippen molar-refractivity contribution in [1.82, 2.24) is 0 Å². The third-order valence-corrected chi connectivity index (χ3v) is 2.59. The molecular formula is C8H16Al2BF3. The summed E-state index contributed by atoms with van der Waals surface area (Å²) < 4.78 is 36.5. The number of rotatable bonds is 0. The fourth-order valence-corrected chi connectivity index (χ4v) is 1.60. The van der Waals surface area contributed by atoms with Gasteiger partial charge in [0, 0.05) is 0 Å². The van der Waals surface area contributed by atoms with Crippen molar-refractivity contribution in [3.8, 4) is 0 Å². The van der Waals surface area contributed by atoms with Crippen LogP contribution in [-0.2, 0) is 0 Å². The van der Waals surface area contributed by atoms with Crippen molar-refractivity contribution in [1.29, 1.82) is 0 Å². The average Bonchev–Trinajstić information content (AvgIpc) is 1.83. The second-order valence-electron chi connectivity index (χ2n) is 3.97. The van der Waals surface area contributed by atoms with Crippen molar-refractivity contribution < 1.29 is 13.2 Å². The maximum atomic E-state index is 12.2. The predicted octanol–water partition coefficient (Wildman–Crippen LogP) is 1.25. The minimum Gasteiger partial charge on any atom is -0.171 e. The van der Waals surface area contributed by atoms with E-state index in [9.17, 15) is 13.2 Å². The predicted molar refractivity (Wildman–Crippen MR) is 59.2 cm³/mol. The lowest BCUT2D eigenvalue weighted by molar-refractivity contribution is -0.183. The molecule has 0 aliphatic heterocycles. The topological polar surface area (TPSA) is 0 Å². The highest BCUT2D eigenvalue weighted by Crippen LogP contribution is 2.46. The van der Waals surface area contributed by atoms with Crippen LogP contribution >= 0.6 is 0 Å². The number of alkyl halides is 3. The van der Waals surface area contributed by atoms with Crippen LogP contribution in [0.25, 0.3) is 0 Å². The Morgan fingerprint density at radius 1 is 1.14 bits per heavy atom. The summed E-state index contributed by atoms with van der Waals surface area (Å²) in [6, 6.07) is 0. The van der Waals surface area contributed by atoms with Crippen LogP contribution in [0.2, 0.25) is 5.31 Å². The van der Waals surface area contributed by atoms with Crippen LogP contribution in [0.4, 0.5) is 13.2 Å². The molecule has 4 radical (unpaired) electrons. The summed E-state index contributed by atoms with van der Waals surface area (Å²) in [4.78, 5) is 0. The molecule has 14 heavy (non-hydrogen) atoms. The number of hydrogen-bond acceptors (Lipinski definition) is 0. The van der Waals surface area contributed by atoms with Gasteiger partial charge in [-0.3, -0.25) is 0 Å². The lowest BCUT2D eigenvalue weighted by Gasteiger charge is -2.35. The monoisotopic (exact) mass is 234 g/mol. The van der Waals surface area contributed by atoms with Crippen LogP contribution in [0.1, 0.15) is 32.6 Å². The highest BCUT2D eigenvalue weighted by Gasteiger charge is 2.42. The summed E-state index contributed by atoms with van der Waals surface area (Å²) in [5.74, 6) is -1.12. The van der Waals surface area contributed by atoms with Gasteiger partial charge in [-0.15, -0.1) is 0 Å². The Kier molecular flexibility index (Phi) is 7.24. The van der Waals surface area contributed by atoms with Crippen molar-refractivity contribution in [3.63, 3.8) is 0 Å². The van der Waals surface area contributed by atoms with Gasteiger partial charge in [-0.1, -0.05) is 25.1 Å². The van der Waals surface area contributed by atoms with E-state index in [1.807, 2.05) is 6.92 Å². The van der Waals surface area contributed by atoms with Crippen molar-refractivity contribution >= 4 is 42.6 Å². The maximum Gasteiger partial charge on any atom is 0.391 e. The Bertz CT molecular complexity index is 160. The standard InChI is InChI=1S/C8H12BF3.2Al.4H/c1-7(9)4-2-6(3-5-7)8(10,11)12;;;;;;/h6H,2-5H2,1H3;;;;;;. The molecule has 0 amide bonds. The van der Waals surface area contributed by atoms with Crippen molar-refractivity contribution in [2.45, 2.75) is 44.1 Å². The van der Waals surface area contributed by atoms with Gasteiger partial charge in [-0.2, -0.15) is 13.2 Å². The lowest BCUT2D eigenvalue weighted by atomic mass is 9.60. The molecule has 0 aromatic carbocycles. The molecule has 1 aliphatic carbocycles. The zero-order chi connectivity index (χ0) is 9.41. The van der Waals surface area contributed by atoms with E-state index in [4.69, 9.17) is 7.85 Å². The molecule has 0 aromatic heterocycles. The summed E-state index contributed by atoms with van der Waals surface area (Å²) in [5, 5.41) is -0.373. The molecular weight excluding hydrogens is 218 g/mol. The first-order valence-electron chi connectivity index (χ1n) is 4.17. The van der Waals surface area contributed by atoms with E-state index in [0.29, 0.717) is 12.8 Å². The number of halogens is 3. The molecule has 1 aliphatic rings. The quantitative estimate of drug-likeness (QED) is 0.553. The van der Waals surface area contributed by atoms with E-state index in [0.717, 1.165) is 0 Å². The van der Waals surface area contributed by atoms with E-state index in [2.05, 4.69) is 0 Å². The summed E-state index contributed by atoms with van der Waals surface area (Å²) in [7, 11) is 5.72. The van der Waals surface area contributed by atoms with Gasteiger partial charge in [0.2, 0.25) is 0 Å². The molecule has 0 atom stereocenters. The molecule has 0 bridgehead atoms. The van der Waals surface area contributed by atoms with Crippen molar-refractivity contribution in [3.05, 3.63) is 0 Å². The minimum absolute atomic E-state index is 0. The fraction of sp³-hybridized carbons (Fsp3) is 1.00. The van der Waals surface area contributed by atoms with Crippen LogP contribution in [0.15, 0.2) is 0 Å². The summed E-state index contributed by atoms with van der Waals surface area (Å²) in [5.41, 5.74) is 0. The molecule has 0 spiro atoms. The van der Waals surface area contributed by atoms with E-state index in [-0.39, 0.29) is 52.9 Å². The Hall–Kier alpha value is 0.920. The van der Waals surface area contributed by atoms with Gasteiger partial charge in [-0.05, 0) is 12.8 Å². The van der Waals surface area contributed by atoms with Gasteiger partial charge in [-0.25, -0.2) is 0 Å². The first-order valence-corrected chi connectivity index (χ1v) is 4.17. The van der Waals surface area contributed by atoms with Gasteiger partial charge < -0.3 is 0 Å². The van der Waals surface area contributed by atoms with E-state index >= 15 is 0 Å². The summed E-state index contributed by atoms with van der Waals surface area (Å²) in [6.07, 6.45) is -2.67. The molecule has 6 heteroatoms. The maximum absolute atomic E-state index is 12.2. The minimum atomic E-state index is -4.02. The molecule has 0 aromatic rings. The van der Waals surface area contributed by atoms with Gasteiger partial charge in [0.05, 0.1) is 13.8 Å². The molecule has 0 saturated heterocycles. The Balaban J connectivity index is 0. The van der Waals surface area contributed by atoms with Gasteiger partial charge in [0.15, 0.2) is 0 Å². The zero-order valence-electron chi connectivity index (χ0n) is 9.12. The van der Waals surface area contributed by atoms with E-state index < -0.39 is 12.1 Å². The Morgan fingerprint density at radius 3 is 1.79 bits per heavy atom. The smallest absolute Gasteiger partial charge is 0.171 e. The summed E-state index contributed by atoms with van der Waals surface area (Å²) in [6.45, 7) is 1.82. The van der Waals surface area contributed by atoms with E-state index in [1.165, 1.54) is 0 Å². The molecule has 78 valence electrons. The fourth-order valence-electron chi connectivity index (χ4n) is 1.60.